The summed E-state index contributed by atoms with van der Waals surface area (Å²) in [6.07, 6.45) is 1.17. The van der Waals surface area contributed by atoms with Gasteiger partial charge < -0.3 is 10.4 Å². The summed E-state index contributed by atoms with van der Waals surface area (Å²) in [5.74, 6) is 0.473. The fourth-order valence-electron chi connectivity index (χ4n) is 2.98. The molecule has 3 atom stereocenters. The molecule has 0 radical (unpaired) electrons. The molecule has 0 saturated carbocycles. The molecule has 0 amide bonds. The number of nitrogens with zero attached hydrogens (tertiary/aromatic N) is 1. The highest BCUT2D eigenvalue weighted by Gasteiger charge is 2.28. The summed E-state index contributed by atoms with van der Waals surface area (Å²) < 4.78 is 0. The molecule has 112 valence electrons. The van der Waals surface area contributed by atoms with Gasteiger partial charge in [0.2, 0.25) is 0 Å². The van der Waals surface area contributed by atoms with Crippen molar-refractivity contribution in [3.8, 4) is 0 Å². The Hall–Kier alpha value is -0.900. The SMILES string of the molecule is CC(C)[C@@H](CO)NC1CCN(C(C)c2ccccc2)C1. The van der Waals surface area contributed by atoms with Crippen LogP contribution in [0.4, 0.5) is 0 Å². The molecule has 2 rings (SSSR count). The van der Waals surface area contributed by atoms with Crippen LogP contribution in [0.25, 0.3) is 0 Å². The smallest absolute Gasteiger partial charge is 0.0587 e. The van der Waals surface area contributed by atoms with Crippen molar-refractivity contribution in [1.29, 1.82) is 0 Å². The average Bonchev–Trinajstić information content (AvgIpc) is 2.93. The van der Waals surface area contributed by atoms with Crippen molar-refractivity contribution >= 4 is 0 Å². The quantitative estimate of drug-likeness (QED) is 0.837. The van der Waals surface area contributed by atoms with Gasteiger partial charge in [-0.15, -0.1) is 0 Å². The van der Waals surface area contributed by atoms with Gasteiger partial charge in [-0.3, -0.25) is 4.90 Å². The van der Waals surface area contributed by atoms with Crippen LogP contribution in [0.15, 0.2) is 30.3 Å². The van der Waals surface area contributed by atoms with Crippen LogP contribution in [0.1, 0.15) is 38.8 Å². The predicted octanol–water partition coefficient (Wildman–Crippen LogP) is 2.43. The van der Waals surface area contributed by atoms with E-state index in [1.807, 2.05) is 0 Å². The number of aliphatic hydroxyl groups excluding tert-OH is 1. The van der Waals surface area contributed by atoms with Gasteiger partial charge in [-0.1, -0.05) is 44.2 Å². The van der Waals surface area contributed by atoms with Crippen LogP contribution in [0.2, 0.25) is 0 Å². The van der Waals surface area contributed by atoms with E-state index in [1.54, 1.807) is 0 Å². The lowest BCUT2D eigenvalue weighted by Gasteiger charge is -2.27. The minimum atomic E-state index is 0.215. The molecule has 0 bridgehead atoms. The van der Waals surface area contributed by atoms with Gasteiger partial charge in [0.15, 0.2) is 0 Å². The van der Waals surface area contributed by atoms with Gasteiger partial charge >= 0.3 is 0 Å². The summed E-state index contributed by atoms with van der Waals surface area (Å²) in [6.45, 7) is 9.02. The molecule has 20 heavy (non-hydrogen) atoms. The fraction of sp³-hybridized carbons (Fsp3) is 0.647. The van der Waals surface area contributed by atoms with Crippen molar-refractivity contribution < 1.29 is 5.11 Å². The van der Waals surface area contributed by atoms with Crippen LogP contribution in [0, 0.1) is 5.92 Å². The van der Waals surface area contributed by atoms with Crippen molar-refractivity contribution in [1.82, 2.24) is 10.2 Å². The Morgan fingerprint density at radius 3 is 2.55 bits per heavy atom. The highest BCUT2D eigenvalue weighted by Crippen LogP contribution is 2.24. The third kappa shape index (κ3) is 3.81. The van der Waals surface area contributed by atoms with Crippen LogP contribution in [-0.2, 0) is 0 Å². The lowest BCUT2D eigenvalue weighted by atomic mass is 10.0. The number of nitrogens with one attached hydrogen (secondary N) is 1. The first kappa shape index (κ1) is 15.5. The largest absolute Gasteiger partial charge is 0.395 e. The maximum Gasteiger partial charge on any atom is 0.0587 e. The van der Waals surface area contributed by atoms with Gasteiger partial charge in [-0.05, 0) is 24.8 Å². The Bertz CT molecular complexity index is 393. The third-order valence-electron chi connectivity index (χ3n) is 4.50. The molecule has 3 heteroatoms. The van der Waals surface area contributed by atoms with E-state index in [0.717, 1.165) is 13.1 Å². The monoisotopic (exact) mass is 276 g/mol. The first-order valence-corrected chi connectivity index (χ1v) is 7.77. The number of hydrogen-bond donors (Lipinski definition) is 2. The second kappa shape index (κ2) is 7.21. The molecule has 1 saturated heterocycles. The normalized spacial score (nSPS) is 23.1. The second-order valence-corrected chi connectivity index (χ2v) is 6.27. The zero-order chi connectivity index (χ0) is 14.5. The third-order valence-corrected chi connectivity index (χ3v) is 4.50. The second-order valence-electron chi connectivity index (χ2n) is 6.27. The van der Waals surface area contributed by atoms with E-state index in [1.165, 1.54) is 12.0 Å². The van der Waals surface area contributed by atoms with Gasteiger partial charge in [-0.2, -0.15) is 0 Å². The number of aliphatic hydroxyl groups is 1. The van der Waals surface area contributed by atoms with E-state index in [2.05, 4.69) is 61.3 Å². The minimum absolute atomic E-state index is 0.215. The highest BCUT2D eigenvalue weighted by atomic mass is 16.3. The molecule has 2 unspecified atom stereocenters. The lowest BCUT2D eigenvalue weighted by molar-refractivity contribution is 0.194. The Labute approximate surface area is 123 Å². The van der Waals surface area contributed by atoms with Crippen LogP contribution in [0.5, 0.6) is 0 Å². The van der Waals surface area contributed by atoms with Gasteiger partial charge in [0.1, 0.15) is 0 Å². The van der Waals surface area contributed by atoms with E-state index >= 15 is 0 Å². The summed E-state index contributed by atoms with van der Waals surface area (Å²) >= 11 is 0. The van der Waals surface area contributed by atoms with E-state index in [-0.39, 0.29) is 12.6 Å². The molecule has 1 heterocycles. The van der Waals surface area contributed by atoms with Crippen LogP contribution < -0.4 is 5.32 Å². The molecular formula is C17H28N2O. The number of hydrogen-bond acceptors (Lipinski definition) is 3. The molecule has 0 spiro atoms. The Kier molecular flexibility index (Phi) is 5.58. The van der Waals surface area contributed by atoms with E-state index in [4.69, 9.17) is 0 Å². The molecule has 0 aromatic heterocycles. The zero-order valence-electron chi connectivity index (χ0n) is 12.9. The van der Waals surface area contributed by atoms with Crippen molar-refractivity contribution in [2.45, 2.75) is 45.3 Å². The molecular weight excluding hydrogens is 248 g/mol. The number of rotatable bonds is 6. The highest BCUT2D eigenvalue weighted by molar-refractivity contribution is 5.18. The van der Waals surface area contributed by atoms with Crippen molar-refractivity contribution in [3.05, 3.63) is 35.9 Å². The van der Waals surface area contributed by atoms with Crippen molar-refractivity contribution in [2.75, 3.05) is 19.7 Å². The van der Waals surface area contributed by atoms with Gasteiger partial charge in [0.05, 0.1) is 6.61 Å². The van der Waals surface area contributed by atoms with Crippen molar-refractivity contribution in [3.63, 3.8) is 0 Å². The molecule has 0 aliphatic carbocycles. The Balaban J connectivity index is 1.89. The molecule has 1 aliphatic rings. The standard InChI is InChI=1S/C17H28N2O/c1-13(2)17(12-20)18-16-9-10-19(11-16)14(3)15-7-5-4-6-8-15/h4-8,13-14,16-18,20H,9-12H2,1-3H3/t14?,16?,17-/m1/s1. The number of benzene rings is 1. The summed E-state index contributed by atoms with van der Waals surface area (Å²) in [4.78, 5) is 2.53. The predicted molar refractivity (Wildman–Crippen MR) is 83.7 cm³/mol. The summed E-state index contributed by atoms with van der Waals surface area (Å²) in [6, 6.07) is 11.9. The van der Waals surface area contributed by atoms with Crippen LogP contribution in [-0.4, -0.2) is 41.8 Å². The Morgan fingerprint density at radius 2 is 1.95 bits per heavy atom. The first-order valence-electron chi connectivity index (χ1n) is 7.77. The maximum atomic E-state index is 9.43. The average molecular weight is 276 g/mol. The summed E-state index contributed by atoms with van der Waals surface area (Å²) in [7, 11) is 0. The van der Waals surface area contributed by atoms with Gasteiger partial charge in [-0.25, -0.2) is 0 Å². The molecule has 3 nitrogen and oxygen atoms in total. The Morgan fingerprint density at radius 1 is 1.25 bits per heavy atom. The minimum Gasteiger partial charge on any atom is -0.395 e. The molecule has 1 aromatic carbocycles. The van der Waals surface area contributed by atoms with E-state index in [0.29, 0.717) is 18.0 Å². The zero-order valence-corrected chi connectivity index (χ0v) is 12.9. The van der Waals surface area contributed by atoms with Gasteiger partial charge in [0.25, 0.3) is 0 Å². The number of likely N-dealkylation sites (tertiary alicyclic amines) is 1. The summed E-state index contributed by atoms with van der Waals surface area (Å²) in [5, 5.41) is 13.0. The fourth-order valence-corrected chi connectivity index (χ4v) is 2.98. The van der Waals surface area contributed by atoms with E-state index < -0.39 is 0 Å². The van der Waals surface area contributed by atoms with Crippen LogP contribution >= 0.6 is 0 Å². The van der Waals surface area contributed by atoms with Crippen LogP contribution in [0.3, 0.4) is 0 Å². The molecule has 1 aromatic rings. The summed E-state index contributed by atoms with van der Waals surface area (Å²) in [5.41, 5.74) is 1.38. The maximum absolute atomic E-state index is 9.43. The van der Waals surface area contributed by atoms with Gasteiger partial charge in [0, 0.05) is 31.2 Å². The lowest BCUT2D eigenvalue weighted by Crippen LogP contribution is -2.45. The topological polar surface area (TPSA) is 35.5 Å². The molecule has 1 aliphatic heterocycles. The molecule has 2 N–H and O–H groups in total. The molecule has 1 fully saturated rings. The van der Waals surface area contributed by atoms with E-state index in [9.17, 15) is 5.11 Å². The van der Waals surface area contributed by atoms with Crippen molar-refractivity contribution in [2.24, 2.45) is 5.92 Å². The first-order chi connectivity index (χ1) is 9.61.